The van der Waals surface area contributed by atoms with Gasteiger partial charge in [0.15, 0.2) is 5.12 Å². The predicted octanol–water partition coefficient (Wildman–Crippen LogP) is 3.48. The van der Waals surface area contributed by atoms with Crippen molar-refractivity contribution in [1.82, 2.24) is 0 Å². The molecule has 0 bridgehead atoms. The highest BCUT2D eigenvalue weighted by atomic mass is 32.2. The quantitative estimate of drug-likeness (QED) is 0.728. The van der Waals surface area contributed by atoms with Crippen LogP contribution in [0.2, 0.25) is 0 Å². The third-order valence-electron chi connectivity index (χ3n) is 2.15. The summed E-state index contributed by atoms with van der Waals surface area (Å²) in [4.78, 5) is 11.7. The maximum Gasteiger partial charge on any atom is 0.189 e. The summed E-state index contributed by atoms with van der Waals surface area (Å²) in [7, 11) is 0. The second kappa shape index (κ2) is 5.38. The highest BCUT2D eigenvalue weighted by Crippen LogP contribution is 2.34. The average molecular weight is 223 g/mol. The van der Waals surface area contributed by atoms with E-state index in [1.54, 1.807) is 0 Å². The van der Waals surface area contributed by atoms with Gasteiger partial charge < -0.3 is 0 Å². The van der Waals surface area contributed by atoms with Crippen LogP contribution in [-0.2, 0) is 4.79 Å². The monoisotopic (exact) mass is 223 g/mol. The zero-order chi connectivity index (χ0) is 11.5. The van der Waals surface area contributed by atoms with E-state index in [9.17, 15) is 4.79 Å². The highest BCUT2D eigenvalue weighted by molar-refractivity contribution is 8.14. The minimum absolute atomic E-state index is 0.0306. The van der Waals surface area contributed by atoms with Gasteiger partial charge in [-0.1, -0.05) is 39.5 Å². The van der Waals surface area contributed by atoms with E-state index in [1.165, 1.54) is 17.7 Å². The van der Waals surface area contributed by atoms with Crippen LogP contribution in [0.1, 0.15) is 34.1 Å². The smallest absolute Gasteiger partial charge is 0.189 e. The van der Waals surface area contributed by atoms with E-state index in [4.69, 9.17) is 0 Å². The molecule has 0 N–H and O–H groups in total. The number of carbonyl (C=O) groups is 1. The third kappa shape index (κ3) is 5.05. The molecule has 5 radical (unpaired) electrons. The van der Waals surface area contributed by atoms with Crippen molar-refractivity contribution in [2.45, 2.75) is 38.9 Å². The lowest BCUT2D eigenvalue weighted by molar-refractivity contribution is -0.111. The van der Waals surface area contributed by atoms with Crippen molar-refractivity contribution >= 4 is 16.9 Å². The van der Waals surface area contributed by atoms with Gasteiger partial charge in [0.1, 0.15) is 0 Å². The number of hydrogen-bond acceptors (Lipinski definition) is 2. The summed E-state index contributed by atoms with van der Waals surface area (Å²) in [6.07, 6.45) is 8.84. The van der Waals surface area contributed by atoms with E-state index < -0.39 is 0 Å². The summed E-state index contributed by atoms with van der Waals surface area (Å²) in [5.41, 5.74) is 0. The summed E-state index contributed by atoms with van der Waals surface area (Å²) < 4.78 is 0.0306. The average Bonchev–Trinajstić information content (AvgIpc) is 2.50. The largest absolute Gasteiger partial charge is 0.287 e. The van der Waals surface area contributed by atoms with Gasteiger partial charge in [-0.3, -0.25) is 4.79 Å². The van der Waals surface area contributed by atoms with Crippen LogP contribution in [0.4, 0.5) is 0 Å². The van der Waals surface area contributed by atoms with Crippen molar-refractivity contribution in [2.24, 2.45) is 5.92 Å². The molecular formula is C13H19OS. The predicted molar refractivity (Wildman–Crippen MR) is 66.6 cm³/mol. The van der Waals surface area contributed by atoms with E-state index in [1.807, 2.05) is 12.8 Å². The van der Waals surface area contributed by atoms with E-state index in [0.717, 1.165) is 0 Å². The van der Waals surface area contributed by atoms with Crippen LogP contribution in [0.3, 0.4) is 0 Å². The lowest BCUT2D eigenvalue weighted by atomic mass is 9.90. The minimum Gasteiger partial charge on any atom is -0.287 e. The molecule has 0 aliphatic heterocycles. The molecule has 1 rings (SSSR count). The molecule has 1 aliphatic rings. The lowest BCUT2D eigenvalue weighted by Crippen LogP contribution is -2.16. The molecule has 2 heteroatoms. The highest BCUT2D eigenvalue weighted by Gasteiger charge is 2.26. The first-order valence-electron chi connectivity index (χ1n) is 5.32. The fraction of sp³-hybridized carbons (Fsp3) is 0.538. The Morgan fingerprint density at radius 3 is 2.33 bits per heavy atom. The molecule has 1 fully saturated rings. The first-order chi connectivity index (χ1) is 6.88. The molecule has 0 aromatic rings. The number of carbonyl (C=O) groups excluding carboxylic acids is 1. The Morgan fingerprint density at radius 2 is 1.87 bits per heavy atom. The van der Waals surface area contributed by atoms with Gasteiger partial charge in [-0.15, -0.1) is 0 Å². The standard InChI is InChI=1S/C13H19OS/c1-10(11-7-5-6-8-11)9-12(14)15-13(2,3)4/h5-8,10H,9H2,1-4H3/t10-/m1/s1. The minimum atomic E-state index is 0.0306. The van der Waals surface area contributed by atoms with Gasteiger partial charge in [0, 0.05) is 11.2 Å². The van der Waals surface area contributed by atoms with Crippen molar-refractivity contribution in [1.29, 1.82) is 0 Å². The zero-order valence-electron chi connectivity index (χ0n) is 9.91. The molecule has 0 saturated heterocycles. The van der Waals surface area contributed by atoms with Gasteiger partial charge in [-0.05, 0) is 37.5 Å². The van der Waals surface area contributed by atoms with E-state index in [0.29, 0.717) is 12.3 Å². The van der Waals surface area contributed by atoms with Crippen LogP contribution in [-0.4, -0.2) is 9.86 Å². The van der Waals surface area contributed by atoms with Crippen LogP contribution in [0.5, 0.6) is 0 Å². The Morgan fingerprint density at radius 1 is 1.33 bits per heavy atom. The zero-order valence-corrected chi connectivity index (χ0v) is 10.7. The first-order valence-corrected chi connectivity index (χ1v) is 6.13. The molecule has 1 saturated carbocycles. The van der Waals surface area contributed by atoms with Gasteiger partial charge in [0.05, 0.1) is 0 Å². The molecule has 83 valence electrons. The molecule has 0 aromatic heterocycles. The summed E-state index contributed by atoms with van der Waals surface area (Å²) in [6, 6.07) is 0. The van der Waals surface area contributed by atoms with Crippen molar-refractivity contribution < 1.29 is 4.79 Å². The van der Waals surface area contributed by atoms with Crippen LogP contribution in [0.15, 0.2) is 0 Å². The van der Waals surface area contributed by atoms with Crippen LogP contribution in [0, 0.1) is 37.5 Å². The normalized spacial score (nSPS) is 20.5. The van der Waals surface area contributed by atoms with Gasteiger partial charge in [-0.2, -0.15) is 0 Å². The molecule has 1 atom stereocenters. The Labute approximate surface area is 98.4 Å². The molecule has 15 heavy (non-hydrogen) atoms. The first kappa shape index (κ1) is 13.1. The molecule has 0 aromatic carbocycles. The molecular weight excluding hydrogens is 204 g/mol. The van der Waals surface area contributed by atoms with Gasteiger partial charge >= 0.3 is 0 Å². The van der Waals surface area contributed by atoms with Crippen molar-refractivity contribution in [3.8, 4) is 0 Å². The molecule has 0 heterocycles. The summed E-state index contributed by atoms with van der Waals surface area (Å²) >= 11 is 1.44. The van der Waals surface area contributed by atoms with Crippen LogP contribution in [0.25, 0.3) is 0 Å². The van der Waals surface area contributed by atoms with Gasteiger partial charge in [0.25, 0.3) is 0 Å². The Hall–Kier alpha value is 0.0200. The van der Waals surface area contributed by atoms with E-state index in [-0.39, 0.29) is 9.86 Å². The van der Waals surface area contributed by atoms with E-state index in [2.05, 4.69) is 40.5 Å². The third-order valence-corrected chi connectivity index (χ3v) is 3.16. The second-order valence-electron chi connectivity index (χ2n) is 4.91. The summed E-state index contributed by atoms with van der Waals surface area (Å²) in [5.74, 6) is 1.60. The van der Waals surface area contributed by atoms with Crippen LogP contribution < -0.4 is 0 Å². The Bertz CT molecular complexity index is 211. The number of rotatable bonds is 3. The molecule has 0 amide bonds. The lowest BCUT2D eigenvalue weighted by Gasteiger charge is -2.20. The number of thioether (sulfide) groups is 1. The van der Waals surface area contributed by atoms with Gasteiger partial charge in [-0.25, -0.2) is 0 Å². The van der Waals surface area contributed by atoms with Crippen molar-refractivity contribution in [3.63, 3.8) is 0 Å². The Balaban J connectivity index is 2.30. The van der Waals surface area contributed by atoms with Crippen molar-refractivity contribution in [3.05, 3.63) is 31.6 Å². The second-order valence-corrected chi connectivity index (χ2v) is 6.79. The summed E-state index contributed by atoms with van der Waals surface area (Å²) in [5, 5.41) is 0.288. The summed E-state index contributed by atoms with van der Waals surface area (Å²) in [6.45, 7) is 8.32. The number of hydrogen-bond donors (Lipinski definition) is 0. The maximum atomic E-state index is 11.7. The maximum absolute atomic E-state index is 11.7. The Kier molecular flexibility index (Phi) is 4.69. The topological polar surface area (TPSA) is 17.1 Å². The molecule has 0 spiro atoms. The SMILES string of the molecule is C[C@H](CC(=O)SC(C)(C)C)[C]1[CH][CH][CH][CH]1. The fourth-order valence-electron chi connectivity index (χ4n) is 1.47. The fourth-order valence-corrected chi connectivity index (χ4v) is 2.48. The van der Waals surface area contributed by atoms with Gasteiger partial charge in [0.2, 0.25) is 0 Å². The molecule has 1 nitrogen and oxygen atoms in total. The van der Waals surface area contributed by atoms with Crippen LogP contribution >= 0.6 is 11.8 Å². The van der Waals surface area contributed by atoms with Crippen molar-refractivity contribution in [2.75, 3.05) is 0 Å². The van der Waals surface area contributed by atoms with E-state index >= 15 is 0 Å². The molecule has 0 unspecified atom stereocenters. The molecule has 1 aliphatic carbocycles.